The molecule has 0 aliphatic carbocycles. The van der Waals surface area contributed by atoms with E-state index >= 15 is 0 Å². The first-order valence-corrected chi connectivity index (χ1v) is 8.55. The molecular weight excluding hydrogens is 311 g/mol. The molecule has 0 unspecified atom stereocenters. The Kier molecular flexibility index (Phi) is 5.84. The number of thioether (sulfide) groups is 1. The fraction of sp³-hybridized carbons (Fsp3) is 0.357. The van der Waals surface area contributed by atoms with Gasteiger partial charge in [-0.05, 0) is 30.4 Å². The van der Waals surface area contributed by atoms with Gasteiger partial charge in [0.15, 0.2) is 0 Å². The van der Waals surface area contributed by atoms with Crippen LogP contribution in [0, 0.1) is 5.82 Å². The Balaban J connectivity index is 1.95. The number of nitrogens with two attached hydrogens (primary N) is 1. The van der Waals surface area contributed by atoms with Crippen LogP contribution in [0.15, 0.2) is 18.2 Å². The molecule has 2 rings (SSSR count). The van der Waals surface area contributed by atoms with Gasteiger partial charge in [0.05, 0.1) is 5.69 Å². The second kappa shape index (κ2) is 7.63. The average molecular weight is 328 g/mol. The second-order valence-corrected chi connectivity index (χ2v) is 6.71. The van der Waals surface area contributed by atoms with E-state index in [4.69, 9.17) is 10.8 Å². The number of thiophene rings is 1. The summed E-state index contributed by atoms with van der Waals surface area (Å²) in [6.45, 7) is 0.727. The molecule has 2 aromatic rings. The molecule has 0 bridgehead atoms. The van der Waals surface area contributed by atoms with Gasteiger partial charge in [-0.1, -0.05) is 0 Å². The summed E-state index contributed by atoms with van der Waals surface area (Å²) < 4.78 is 14.0. The minimum Gasteiger partial charge on any atom is -0.397 e. The maximum atomic E-state index is 13.2. The van der Waals surface area contributed by atoms with E-state index in [0.29, 0.717) is 22.5 Å². The van der Waals surface area contributed by atoms with Crippen LogP contribution >= 0.6 is 23.1 Å². The van der Waals surface area contributed by atoms with E-state index in [1.165, 1.54) is 23.5 Å². The van der Waals surface area contributed by atoms with E-state index in [1.807, 2.05) is 0 Å². The molecule has 0 fully saturated rings. The Hall–Kier alpha value is -1.31. The number of aliphatic hydroxyl groups excluding tert-OH is 1. The lowest BCUT2D eigenvalue weighted by Crippen LogP contribution is -2.25. The van der Waals surface area contributed by atoms with Gasteiger partial charge in [0.1, 0.15) is 10.7 Å². The van der Waals surface area contributed by atoms with Crippen LogP contribution in [-0.2, 0) is 0 Å². The number of benzene rings is 1. The van der Waals surface area contributed by atoms with E-state index in [0.717, 1.165) is 22.6 Å². The van der Waals surface area contributed by atoms with Crippen LogP contribution in [0.1, 0.15) is 16.1 Å². The van der Waals surface area contributed by atoms with Gasteiger partial charge < -0.3 is 16.2 Å². The van der Waals surface area contributed by atoms with Crippen molar-refractivity contribution >= 4 is 44.8 Å². The number of hydrogen-bond acceptors (Lipinski definition) is 5. The molecule has 0 atom stereocenters. The fourth-order valence-electron chi connectivity index (χ4n) is 1.84. The normalized spacial score (nSPS) is 11.0. The minimum atomic E-state index is -0.362. The molecule has 1 aromatic heterocycles. The zero-order valence-corrected chi connectivity index (χ0v) is 13.0. The van der Waals surface area contributed by atoms with Crippen molar-refractivity contribution in [2.75, 3.05) is 30.4 Å². The highest BCUT2D eigenvalue weighted by molar-refractivity contribution is 7.99. The van der Waals surface area contributed by atoms with Crippen molar-refractivity contribution in [3.63, 3.8) is 0 Å². The van der Waals surface area contributed by atoms with Crippen molar-refractivity contribution in [1.82, 2.24) is 5.32 Å². The Bertz CT molecular complexity index is 631. The van der Waals surface area contributed by atoms with Crippen LogP contribution < -0.4 is 11.1 Å². The number of nitrogens with one attached hydrogen (secondary N) is 1. The fourth-order valence-corrected chi connectivity index (χ4v) is 3.65. The number of aliphatic hydroxyl groups is 1. The smallest absolute Gasteiger partial charge is 0.263 e. The van der Waals surface area contributed by atoms with Crippen molar-refractivity contribution in [3.8, 4) is 0 Å². The Morgan fingerprint density at radius 1 is 1.43 bits per heavy atom. The van der Waals surface area contributed by atoms with E-state index in [2.05, 4.69) is 5.32 Å². The molecule has 0 aliphatic rings. The molecule has 1 aromatic carbocycles. The molecule has 7 heteroatoms. The number of carbonyl (C=O) groups excluding carboxylic acids is 1. The van der Waals surface area contributed by atoms with E-state index in [1.54, 1.807) is 17.8 Å². The SMILES string of the molecule is Nc1c(C(=O)NCCSCCCO)sc2ccc(F)cc12. The van der Waals surface area contributed by atoms with Gasteiger partial charge >= 0.3 is 0 Å². The molecule has 0 spiro atoms. The highest BCUT2D eigenvalue weighted by atomic mass is 32.2. The monoisotopic (exact) mass is 328 g/mol. The summed E-state index contributed by atoms with van der Waals surface area (Å²) in [7, 11) is 0. The number of nitrogen functional groups attached to an aromatic ring is 1. The number of amides is 1. The summed E-state index contributed by atoms with van der Waals surface area (Å²) in [5.41, 5.74) is 6.26. The maximum absolute atomic E-state index is 13.2. The molecule has 0 radical (unpaired) electrons. The second-order valence-electron chi connectivity index (χ2n) is 4.43. The van der Waals surface area contributed by atoms with Crippen LogP contribution in [0.5, 0.6) is 0 Å². The number of fused-ring (bicyclic) bond motifs is 1. The Labute approximate surface area is 130 Å². The number of anilines is 1. The summed E-state index contributed by atoms with van der Waals surface area (Å²) in [5, 5.41) is 12.0. The zero-order valence-electron chi connectivity index (χ0n) is 11.4. The summed E-state index contributed by atoms with van der Waals surface area (Å²) >= 11 is 2.94. The highest BCUT2D eigenvalue weighted by Crippen LogP contribution is 2.33. The van der Waals surface area contributed by atoms with Crippen molar-refractivity contribution in [1.29, 1.82) is 0 Å². The third-order valence-electron chi connectivity index (χ3n) is 2.87. The number of rotatable bonds is 7. The summed E-state index contributed by atoms with van der Waals surface area (Å²) in [4.78, 5) is 12.5. The molecule has 0 saturated heterocycles. The average Bonchev–Trinajstić information content (AvgIpc) is 2.79. The van der Waals surface area contributed by atoms with Gasteiger partial charge in [-0.15, -0.1) is 11.3 Å². The first-order chi connectivity index (χ1) is 10.1. The van der Waals surface area contributed by atoms with Crippen LogP contribution in [0.25, 0.3) is 10.1 Å². The van der Waals surface area contributed by atoms with Gasteiger partial charge in [-0.2, -0.15) is 11.8 Å². The summed E-state index contributed by atoms with van der Waals surface area (Å²) in [6, 6.07) is 4.34. The number of halogens is 1. The van der Waals surface area contributed by atoms with Crippen LogP contribution in [0.2, 0.25) is 0 Å². The lowest BCUT2D eigenvalue weighted by atomic mass is 10.2. The highest BCUT2D eigenvalue weighted by Gasteiger charge is 2.16. The molecule has 4 nitrogen and oxygen atoms in total. The number of hydrogen-bond donors (Lipinski definition) is 3. The molecule has 4 N–H and O–H groups in total. The van der Waals surface area contributed by atoms with Crippen LogP contribution in [0.3, 0.4) is 0 Å². The zero-order chi connectivity index (χ0) is 15.2. The Morgan fingerprint density at radius 3 is 3.00 bits per heavy atom. The van der Waals surface area contributed by atoms with Gasteiger partial charge in [0.2, 0.25) is 0 Å². The lowest BCUT2D eigenvalue weighted by molar-refractivity contribution is 0.0961. The van der Waals surface area contributed by atoms with E-state index in [-0.39, 0.29) is 18.3 Å². The topological polar surface area (TPSA) is 75.4 Å². The van der Waals surface area contributed by atoms with E-state index < -0.39 is 0 Å². The predicted molar refractivity (Wildman–Crippen MR) is 87.6 cm³/mol. The molecular formula is C14H17FN2O2S2. The molecule has 0 saturated carbocycles. The van der Waals surface area contributed by atoms with Gasteiger partial charge in [0.25, 0.3) is 5.91 Å². The quantitative estimate of drug-likeness (QED) is 0.683. The Morgan fingerprint density at radius 2 is 2.24 bits per heavy atom. The van der Waals surface area contributed by atoms with E-state index in [9.17, 15) is 9.18 Å². The standard InChI is InChI=1S/C14H17FN2O2S2/c15-9-2-3-11-10(8-9)12(16)13(21-11)14(19)17-4-7-20-6-1-5-18/h2-3,8,18H,1,4-7,16H2,(H,17,19). The summed E-state index contributed by atoms with van der Waals surface area (Å²) in [5.74, 6) is 1.07. The summed E-state index contributed by atoms with van der Waals surface area (Å²) in [6.07, 6.45) is 0.757. The van der Waals surface area contributed by atoms with Gasteiger partial charge in [-0.3, -0.25) is 4.79 Å². The first-order valence-electron chi connectivity index (χ1n) is 6.58. The maximum Gasteiger partial charge on any atom is 0.263 e. The van der Waals surface area contributed by atoms with Crippen LogP contribution in [0.4, 0.5) is 10.1 Å². The molecule has 114 valence electrons. The van der Waals surface area contributed by atoms with Gasteiger partial charge in [0, 0.05) is 29.0 Å². The first kappa shape index (κ1) is 16.1. The van der Waals surface area contributed by atoms with Crippen molar-refractivity contribution in [2.24, 2.45) is 0 Å². The molecule has 21 heavy (non-hydrogen) atoms. The largest absolute Gasteiger partial charge is 0.397 e. The predicted octanol–water partition coefficient (Wildman–Crippen LogP) is 2.47. The molecule has 1 heterocycles. The van der Waals surface area contributed by atoms with Crippen molar-refractivity contribution in [2.45, 2.75) is 6.42 Å². The number of carbonyl (C=O) groups is 1. The minimum absolute atomic E-state index is 0.189. The lowest BCUT2D eigenvalue weighted by Gasteiger charge is -2.04. The van der Waals surface area contributed by atoms with Gasteiger partial charge in [-0.25, -0.2) is 4.39 Å². The van der Waals surface area contributed by atoms with Crippen molar-refractivity contribution < 1.29 is 14.3 Å². The van der Waals surface area contributed by atoms with Crippen LogP contribution in [-0.4, -0.2) is 35.7 Å². The molecule has 0 aliphatic heterocycles. The molecule has 1 amide bonds. The third kappa shape index (κ3) is 4.09. The van der Waals surface area contributed by atoms with Crippen molar-refractivity contribution in [3.05, 3.63) is 28.9 Å². The third-order valence-corrected chi connectivity index (χ3v) is 5.13.